The molecule has 3 rings (SSSR count). The minimum absolute atomic E-state index is 0.0642. The van der Waals surface area contributed by atoms with Gasteiger partial charge in [0, 0.05) is 42.8 Å². The fraction of sp³-hybridized carbons (Fsp3) is 0.450. The summed E-state index contributed by atoms with van der Waals surface area (Å²) in [4.78, 5) is 23.8. The lowest BCUT2D eigenvalue weighted by Gasteiger charge is -2.33. The van der Waals surface area contributed by atoms with E-state index >= 15 is 0 Å². The molecule has 1 saturated heterocycles. The highest BCUT2D eigenvalue weighted by atomic mass is 16.5. The van der Waals surface area contributed by atoms with Crippen molar-refractivity contribution < 1.29 is 14.3 Å². The Morgan fingerprint density at radius 2 is 2.11 bits per heavy atom. The molecule has 0 saturated carbocycles. The van der Waals surface area contributed by atoms with Crippen LogP contribution >= 0.6 is 0 Å². The van der Waals surface area contributed by atoms with Gasteiger partial charge in [0.15, 0.2) is 0 Å². The Morgan fingerprint density at radius 3 is 2.78 bits per heavy atom. The third-order valence-electron chi connectivity index (χ3n) is 4.84. The van der Waals surface area contributed by atoms with Gasteiger partial charge in [-0.25, -0.2) is 0 Å². The fourth-order valence-corrected chi connectivity index (χ4v) is 3.42. The average Bonchev–Trinajstić information content (AvgIpc) is 2.70. The predicted octanol–water partition coefficient (Wildman–Crippen LogP) is 1.79. The van der Waals surface area contributed by atoms with Crippen LogP contribution < -0.4 is 10.1 Å². The zero-order chi connectivity index (χ0) is 19.2. The van der Waals surface area contributed by atoms with Crippen LogP contribution in [-0.4, -0.2) is 54.2 Å². The van der Waals surface area contributed by atoms with Crippen LogP contribution in [0.4, 0.5) is 0 Å². The van der Waals surface area contributed by atoms with Gasteiger partial charge in [-0.1, -0.05) is 6.07 Å². The molecule has 0 aromatic carbocycles. The van der Waals surface area contributed by atoms with Crippen molar-refractivity contribution in [3.8, 4) is 5.75 Å². The Balaban J connectivity index is 1.77. The maximum absolute atomic E-state index is 13.1. The first kappa shape index (κ1) is 19.3. The summed E-state index contributed by atoms with van der Waals surface area (Å²) in [7, 11) is 1.65. The molecule has 144 valence electrons. The number of hydrogen-bond acceptors (Lipinski definition) is 6. The van der Waals surface area contributed by atoms with E-state index in [-0.39, 0.29) is 5.91 Å². The first-order chi connectivity index (χ1) is 13.1. The average molecular weight is 370 g/mol. The van der Waals surface area contributed by atoms with Crippen molar-refractivity contribution in [3.05, 3.63) is 53.1 Å². The number of hydrogen-bond donors (Lipinski definition) is 1. The van der Waals surface area contributed by atoms with Gasteiger partial charge < -0.3 is 14.8 Å². The summed E-state index contributed by atoms with van der Waals surface area (Å²) in [5.41, 5.74) is 3.61. The molecule has 27 heavy (non-hydrogen) atoms. The minimum Gasteiger partial charge on any atom is -0.496 e. The molecule has 3 heterocycles. The number of methoxy groups -OCH3 is 1. The van der Waals surface area contributed by atoms with E-state index in [0.717, 1.165) is 28.1 Å². The summed E-state index contributed by atoms with van der Waals surface area (Å²) in [5.74, 6) is 0.747. The number of rotatable bonds is 6. The Labute approximate surface area is 159 Å². The molecule has 0 unspecified atom stereocenters. The van der Waals surface area contributed by atoms with Crippen molar-refractivity contribution in [2.45, 2.75) is 26.4 Å². The molecule has 0 bridgehead atoms. The van der Waals surface area contributed by atoms with Crippen molar-refractivity contribution in [1.82, 2.24) is 20.2 Å². The van der Waals surface area contributed by atoms with Gasteiger partial charge >= 0.3 is 0 Å². The van der Waals surface area contributed by atoms with E-state index in [1.807, 2.05) is 26.0 Å². The van der Waals surface area contributed by atoms with E-state index in [9.17, 15) is 4.79 Å². The van der Waals surface area contributed by atoms with Crippen LogP contribution in [0.1, 0.15) is 28.4 Å². The smallest absolute Gasteiger partial charge is 0.242 e. The highest BCUT2D eigenvalue weighted by Crippen LogP contribution is 2.25. The van der Waals surface area contributed by atoms with Gasteiger partial charge in [-0.15, -0.1) is 0 Å². The summed E-state index contributed by atoms with van der Waals surface area (Å²) in [6.45, 7) is 6.94. The summed E-state index contributed by atoms with van der Waals surface area (Å²) in [6, 6.07) is 3.40. The highest BCUT2D eigenvalue weighted by molar-refractivity contribution is 5.83. The second kappa shape index (κ2) is 8.92. The Morgan fingerprint density at radius 1 is 1.33 bits per heavy atom. The van der Waals surface area contributed by atoms with Crippen molar-refractivity contribution >= 4 is 5.91 Å². The fourth-order valence-electron chi connectivity index (χ4n) is 3.42. The lowest BCUT2D eigenvalue weighted by atomic mass is 10.1. The summed E-state index contributed by atoms with van der Waals surface area (Å²) in [6.07, 6.45) is 5.23. The maximum atomic E-state index is 13.1. The topological polar surface area (TPSA) is 76.6 Å². The molecule has 1 N–H and O–H groups in total. The Kier molecular flexibility index (Phi) is 6.36. The third kappa shape index (κ3) is 4.43. The predicted molar refractivity (Wildman–Crippen MR) is 101 cm³/mol. The number of morpholine rings is 1. The van der Waals surface area contributed by atoms with Gasteiger partial charge in [-0.05, 0) is 25.5 Å². The normalized spacial score (nSPS) is 16.0. The molecule has 7 heteroatoms. The largest absolute Gasteiger partial charge is 0.496 e. The molecule has 1 fully saturated rings. The molecule has 0 radical (unpaired) electrons. The van der Waals surface area contributed by atoms with E-state index in [1.54, 1.807) is 25.7 Å². The van der Waals surface area contributed by atoms with Crippen LogP contribution in [0.5, 0.6) is 5.75 Å². The molecule has 0 aliphatic carbocycles. The van der Waals surface area contributed by atoms with Crippen LogP contribution in [0, 0.1) is 13.8 Å². The van der Waals surface area contributed by atoms with Gasteiger partial charge in [0.05, 0.1) is 32.6 Å². The van der Waals surface area contributed by atoms with Crippen molar-refractivity contribution in [2.75, 3.05) is 33.4 Å². The van der Waals surface area contributed by atoms with Crippen molar-refractivity contribution in [3.63, 3.8) is 0 Å². The first-order valence-electron chi connectivity index (χ1n) is 9.10. The number of carbonyl (C=O) groups excluding carboxylic acids is 1. The second-order valence-electron chi connectivity index (χ2n) is 6.60. The molecule has 1 aliphatic heterocycles. The summed E-state index contributed by atoms with van der Waals surface area (Å²) < 4.78 is 10.9. The van der Waals surface area contributed by atoms with Gasteiger partial charge in [0.25, 0.3) is 0 Å². The lowest BCUT2D eigenvalue weighted by molar-refractivity contribution is -0.128. The first-order valence-corrected chi connectivity index (χ1v) is 9.10. The van der Waals surface area contributed by atoms with E-state index in [4.69, 9.17) is 9.47 Å². The van der Waals surface area contributed by atoms with Gasteiger partial charge in [0.1, 0.15) is 11.8 Å². The number of nitrogens with one attached hydrogen (secondary N) is 1. The van der Waals surface area contributed by atoms with Gasteiger partial charge in [-0.2, -0.15) is 0 Å². The molecule has 7 nitrogen and oxygen atoms in total. The zero-order valence-corrected chi connectivity index (χ0v) is 16.1. The summed E-state index contributed by atoms with van der Waals surface area (Å²) >= 11 is 0. The second-order valence-corrected chi connectivity index (χ2v) is 6.60. The number of carbonyl (C=O) groups is 1. The van der Waals surface area contributed by atoms with E-state index in [1.165, 1.54) is 0 Å². The van der Waals surface area contributed by atoms with Crippen LogP contribution in [0.3, 0.4) is 0 Å². The van der Waals surface area contributed by atoms with E-state index in [2.05, 4.69) is 20.2 Å². The molecular formula is C20H26N4O3. The Bertz CT molecular complexity index is 776. The highest BCUT2D eigenvalue weighted by Gasteiger charge is 2.29. The van der Waals surface area contributed by atoms with Crippen LogP contribution in [0.25, 0.3) is 0 Å². The maximum Gasteiger partial charge on any atom is 0.242 e. The molecular weight excluding hydrogens is 344 g/mol. The van der Waals surface area contributed by atoms with Crippen LogP contribution in [0.15, 0.2) is 30.7 Å². The molecule has 1 atom stereocenters. The molecule has 2 aromatic rings. The van der Waals surface area contributed by atoms with Crippen LogP contribution in [-0.2, 0) is 16.1 Å². The number of aryl methyl sites for hydroxylation is 1. The summed E-state index contributed by atoms with van der Waals surface area (Å²) in [5, 5.41) is 3.04. The zero-order valence-electron chi connectivity index (χ0n) is 16.1. The van der Waals surface area contributed by atoms with Gasteiger partial charge in [-0.3, -0.25) is 19.7 Å². The molecule has 1 aliphatic rings. The molecule has 0 spiro atoms. The van der Waals surface area contributed by atoms with E-state index in [0.29, 0.717) is 32.8 Å². The standard InChI is InChI=1S/C20H26N4O3/c1-14-11-22-17(15(2)19(14)26-3)13-23-20(25)18(16-5-4-6-21-12-16)24-7-9-27-10-8-24/h4-6,11-12,18H,7-10,13H2,1-3H3,(H,23,25)/t18-/m0/s1. The monoisotopic (exact) mass is 370 g/mol. The van der Waals surface area contributed by atoms with Crippen LogP contribution in [0.2, 0.25) is 0 Å². The molecule has 1 amide bonds. The number of aromatic nitrogens is 2. The third-order valence-corrected chi connectivity index (χ3v) is 4.84. The number of pyridine rings is 2. The number of nitrogens with zero attached hydrogens (tertiary/aromatic N) is 3. The van der Waals surface area contributed by atoms with Crippen molar-refractivity contribution in [2.24, 2.45) is 0 Å². The quantitative estimate of drug-likeness (QED) is 0.835. The van der Waals surface area contributed by atoms with Crippen molar-refractivity contribution in [1.29, 1.82) is 0 Å². The lowest BCUT2D eigenvalue weighted by Crippen LogP contribution is -2.45. The number of ether oxygens (including phenoxy) is 2. The number of amides is 1. The van der Waals surface area contributed by atoms with E-state index < -0.39 is 6.04 Å². The minimum atomic E-state index is -0.393. The Hall–Kier alpha value is -2.51. The molecule has 2 aromatic heterocycles. The van der Waals surface area contributed by atoms with Gasteiger partial charge in [0.2, 0.25) is 5.91 Å². The SMILES string of the molecule is COc1c(C)cnc(CNC(=O)[C@H](c2cccnc2)N2CCOCC2)c1C.